The van der Waals surface area contributed by atoms with Crippen LogP contribution in [0.15, 0.2) is 138 Å². The maximum atomic E-state index is 6.63. The summed E-state index contributed by atoms with van der Waals surface area (Å²) in [5.41, 5.74) is 5.48. The van der Waals surface area contributed by atoms with E-state index in [0.717, 1.165) is 51.5 Å². The summed E-state index contributed by atoms with van der Waals surface area (Å²) >= 11 is 0. The molecule has 198 valence electrons. The minimum Gasteiger partial charge on any atom is -0.455 e. The highest BCUT2D eigenvalue weighted by molar-refractivity contribution is 6.20. The molecule has 0 radical (unpaired) electrons. The lowest BCUT2D eigenvalue weighted by molar-refractivity contribution is 0.672. The maximum absolute atomic E-state index is 6.63. The number of fused-ring (bicyclic) bond motifs is 9. The predicted octanol–water partition coefficient (Wildman–Crippen LogP) is 9.57. The van der Waals surface area contributed by atoms with Gasteiger partial charge in [-0.3, -0.25) is 0 Å². The van der Waals surface area contributed by atoms with Crippen molar-refractivity contribution in [2.45, 2.75) is 12.8 Å². The van der Waals surface area contributed by atoms with E-state index >= 15 is 0 Å². The monoisotopic (exact) mass is 537 g/mol. The normalized spacial score (nSPS) is 13.2. The van der Waals surface area contributed by atoms with E-state index in [-0.39, 0.29) is 0 Å². The fourth-order valence-electron chi connectivity index (χ4n) is 6.97. The standard InChI is InChI=1S/C40H27NO/c1-3-13-31-27(10-1)19-20-29-25-30(22-24-32(29)31)41(36-16-7-11-26-9-2-4-14-33(26)36)37-17-8-12-28-21-23-35-34-15-5-6-18-38(34)42-40(35)39(28)37/h1-6,8-15,17-25H,7,16H2. The molecule has 42 heavy (non-hydrogen) atoms. The molecular formula is C40H27NO. The molecule has 0 atom stereocenters. The van der Waals surface area contributed by atoms with Gasteiger partial charge < -0.3 is 9.32 Å². The molecular weight excluding hydrogens is 510 g/mol. The smallest absolute Gasteiger partial charge is 0.145 e. The summed E-state index contributed by atoms with van der Waals surface area (Å²) in [6, 6.07) is 48.3. The Morgan fingerprint density at radius 2 is 1.29 bits per heavy atom. The Hall–Kier alpha value is -5.34. The van der Waals surface area contributed by atoms with E-state index in [9.17, 15) is 0 Å². The van der Waals surface area contributed by atoms with Gasteiger partial charge in [0.15, 0.2) is 0 Å². The van der Waals surface area contributed by atoms with Crippen LogP contribution in [0.1, 0.15) is 12.8 Å². The average molecular weight is 538 g/mol. The molecule has 1 aromatic heterocycles. The summed E-state index contributed by atoms with van der Waals surface area (Å²) in [5, 5.41) is 12.3. The third-order valence-corrected chi connectivity index (χ3v) is 8.88. The quantitative estimate of drug-likeness (QED) is 0.209. The number of hydrogen-bond donors (Lipinski definition) is 0. The number of furan rings is 1. The zero-order chi connectivity index (χ0) is 27.6. The van der Waals surface area contributed by atoms with Gasteiger partial charge in [0.2, 0.25) is 0 Å². The molecule has 0 aliphatic heterocycles. The fraction of sp³-hybridized carbons (Fsp3) is 0.0500. The summed E-state index contributed by atoms with van der Waals surface area (Å²) in [6.07, 6.45) is 4.33. The van der Waals surface area contributed by atoms with Gasteiger partial charge in [0, 0.05) is 32.8 Å². The van der Waals surface area contributed by atoms with E-state index in [1.54, 1.807) is 0 Å². The summed E-state index contributed by atoms with van der Waals surface area (Å²) in [7, 11) is 0. The van der Waals surface area contributed by atoms with Gasteiger partial charge in [-0.15, -0.1) is 0 Å². The Bertz CT molecular complexity index is 2480. The van der Waals surface area contributed by atoms with Crippen LogP contribution in [0.5, 0.6) is 0 Å². The summed E-state index contributed by atoms with van der Waals surface area (Å²) < 4.78 is 6.63. The first-order valence-corrected chi connectivity index (χ1v) is 14.7. The van der Waals surface area contributed by atoms with Crippen molar-refractivity contribution < 1.29 is 4.42 Å². The van der Waals surface area contributed by atoms with E-state index in [0.29, 0.717) is 0 Å². The molecule has 0 saturated carbocycles. The van der Waals surface area contributed by atoms with E-state index in [1.807, 2.05) is 6.07 Å². The van der Waals surface area contributed by atoms with Crippen molar-refractivity contribution in [1.82, 2.24) is 0 Å². The first-order valence-electron chi connectivity index (χ1n) is 14.7. The van der Waals surface area contributed by atoms with Crippen molar-refractivity contribution in [3.63, 3.8) is 0 Å². The number of benzene rings is 7. The Labute approximate surface area is 243 Å². The lowest BCUT2D eigenvalue weighted by Gasteiger charge is -2.31. The number of para-hydroxylation sites is 1. The minimum atomic E-state index is 0.921. The van der Waals surface area contributed by atoms with Crippen LogP contribution in [0, 0.1) is 0 Å². The van der Waals surface area contributed by atoms with Gasteiger partial charge in [0.05, 0.1) is 5.69 Å². The number of anilines is 2. The molecule has 1 aliphatic rings. The Morgan fingerprint density at radius 1 is 0.548 bits per heavy atom. The first kappa shape index (κ1) is 23.4. The van der Waals surface area contributed by atoms with Crippen LogP contribution in [0.4, 0.5) is 11.4 Å². The van der Waals surface area contributed by atoms with Crippen molar-refractivity contribution >= 4 is 77.4 Å². The third-order valence-electron chi connectivity index (χ3n) is 8.88. The van der Waals surface area contributed by atoms with E-state index in [1.165, 1.54) is 43.1 Å². The Balaban J connectivity index is 1.40. The van der Waals surface area contributed by atoms with Gasteiger partial charge in [0.1, 0.15) is 11.2 Å². The van der Waals surface area contributed by atoms with Gasteiger partial charge in [-0.05, 0) is 75.3 Å². The van der Waals surface area contributed by atoms with Crippen molar-refractivity contribution in [3.05, 3.63) is 144 Å². The largest absolute Gasteiger partial charge is 0.455 e. The minimum absolute atomic E-state index is 0.921. The van der Waals surface area contributed by atoms with Crippen LogP contribution < -0.4 is 15.3 Å². The Kier molecular flexibility index (Phi) is 5.06. The molecule has 0 saturated heterocycles. The van der Waals surface area contributed by atoms with Crippen LogP contribution in [-0.2, 0) is 0 Å². The van der Waals surface area contributed by atoms with E-state index in [2.05, 4.69) is 138 Å². The predicted molar refractivity (Wildman–Crippen MR) is 178 cm³/mol. The number of hydrogen-bond acceptors (Lipinski definition) is 2. The van der Waals surface area contributed by atoms with Gasteiger partial charge in [-0.25, -0.2) is 0 Å². The average Bonchev–Trinajstić information content (AvgIpc) is 3.44. The maximum Gasteiger partial charge on any atom is 0.145 e. The summed E-state index contributed by atoms with van der Waals surface area (Å²) in [4.78, 5) is 2.50. The molecule has 0 bridgehead atoms. The fourth-order valence-corrected chi connectivity index (χ4v) is 6.97. The molecule has 2 heteroatoms. The lowest BCUT2D eigenvalue weighted by atomic mass is 9.98. The highest BCUT2D eigenvalue weighted by Gasteiger charge is 2.22. The van der Waals surface area contributed by atoms with Crippen LogP contribution >= 0.6 is 0 Å². The molecule has 0 amide bonds. The van der Waals surface area contributed by atoms with Gasteiger partial charge in [-0.2, -0.15) is 0 Å². The second kappa shape index (κ2) is 9.09. The summed E-state index contributed by atoms with van der Waals surface area (Å²) in [5.74, 6) is 0. The molecule has 0 spiro atoms. The van der Waals surface area contributed by atoms with Crippen LogP contribution in [0.25, 0.3) is 66.0 Å². The first-order chi connectivity index (χ1) is 20.8. The van der Waals surface area contributed by atoms with Crippen molar-refractivity contribution in [2.24, 2.45) is 0 Å². The summed E-state index contributed by atoms with van der Waals surface area (Å²) in [6.45, 7) is 0. The lowest BCUT2D eigenvalue weighted by Crippen LogP contribution is -2.35. The third kappa shape index (κ3) is 3.45. The van der Waals surface area contributed by atoms with Crippen LogP contribution in [-0.4, -0.2) is 0 Å². The SMILES string of the molecule is C1=c2ccccc2=C(N(c2ccc3c(ccc4ccccc43)c2)c2cccc3ccc4c5ccccc5oc4c23)CC1. The highest BCUT2D eigenvalue weighted by atomic mass is 16.3. The molecule has 0 fully saturated rings. The zero-order valence-electron chi connectivity index (χ0n) is 23.0. The topological polar surface area (TPSA) is 16.4 Å². The second-order valence-corrected chi connectivity index (χ2v) is 11.2. The number of rotatable bonds is 3. The van der Waals surface area contributed by atoms with E-state index in [4.69, 9.17) is 4.42 Å². The van der Waals surface area contributed by atoms with Crippen molar-refractivity contribution in [1.29, 1.82) is 0 Å². The second-order valence-electron chi connectivity index (χ2n) is 11.2. The van der Waals surface area contributed by atoms with Crippen molar-refractivity contribution in [3.8, 4) is 0 Å². The molecule has 1 aliphatic carbocycles. The van der Waals surface area contributed by atoms with Gasteiger partial charge >= 0.3 is 0 Å². The van der Waals surface area contributed by atoms with Crippen LogP contribution in [0.2, 0.25) is 0 Å². The zero-order valence-corrected chi connectivity index (χ0v) is 23.0. The Morgan fingerprint density at radius 3 is 2.26 bits per heavy atom. The van der Waals surface area contributed by atoms with Crippen LogP contribution in [0.3, 0.4) is 0 Å². The van der Waals surface area contributed by atoms with Crippen molar-refractivity contribution in [2.75, 3.05) is 4.90 Å². The molecule has 0 unspecified atom stereocenters. The molecule has 0 N–H and O–H groups in total. The van der Waals surface area contributed by atoms with E-state index < -0.39 is 0 Å². The van der Waals surface area contributed by atoms with Gasteiger partial charge in [-0.1, -0.05) is 109 Å². The molecule has 9 rings (SSSR count). The van der Waals surface area contributed by atoms with Gasteiger partial charge in [0.25, 0.3) is 0 Å². The molecule has 2 nitrogen and oxygen atoms in total. The molecule has 7 aromatic carbocycles. The highest BCUT2D eigenvalue weighted by Crippen LogP contribution is 2.43. The molecule has 1 heterocycles. The number of nitrogens with zero attached hydrogens (tertiary/aromatic N) is 1. The molecule has 8 aromatic rings.